The fourth-order valence-corrected chi connectivity index (χ4v) is 3.22. The molecule has 0 bridgehead atoms. The number of aromatic amines is 1. The molecule has 2 amide bonds. The molecule has 1 aliphatic heterocycles. The fourth-order valence-electron chi connectivity index (χ4n) is 3.22. The Kier molecular flexibility index (Phi) is 5.57. The van der Waals surface area contributed by atoms with Crippen LogP contribution in [0.15, 0.2) is 24.3 Å². The van der Waals surface area contributed by atoms with Gasteiger partial charge in [-0.3, -0.25) is 14.7 Å². The summed E-state index contributed by atoms with van der Waals surface area (Å²) in [6.07, 6.45) is 3.71. The van der Waals surface area contributed by atoms with E-state index < -0.39 is 0 Å². The van der Waals surface area contributed by atoms with Crippen molar-refractivity contribution in [2.75, 3.05) is 19.7 Å². The summed E-state index contributed by atoms with van der Waals surface area (Å²) < 4.78 is 5.50. The van der Waals surface area contributed by atoms with E-state index in [0.29, 0.717) is 37.0 Å². The average molecular weight is 383 g/mol. The predicted octanol–water partition coefficient (Wildman–Crippen LogP) is 0.685. The van der Waals surface area contributed by atoms with Crippen molar-refractivity contribution in [3.8, 4) is 5.75 Å². The Bertz CT molecular complexity index is 842. The number of hydrogen-bond acceptors (Lipinski definition) is 5. The van der Waals surface area contributed by atoms with E-state index in [1.165, 1.54) is 0 Å². The van der Waals surface area contributed by atoms with Gasteiger partial charge in [0.2, 0.25) is 0 Å². The molecule has 2 aromatic rings. The molecule has 1 aliphatic carbocycles. The minimum absolute atomic E-state index is 0.0365. The van der Waals surface area contributed by atoms with Crippen LogP contribution in [-0.2, 0) is 24.2 Å². The van der Waals surface area contributed by atoms with Crippen molar-refractivity contribution in [1.29, 1.82) is 0 Å². The second-order valence-corrected chi connectivity index (χ2v) is 7.24. The highest BCUT2D eigenvalue weighted by molar-refractivity contribution is 5.94. The van der Waals surface area contributed by atoms with Crippen LogP contribution in [0.4, 0.5) is 0 Å². The molecule has 1 aromatic carbocycles. The second kappa shape index (κ2) is 8.43. The summed E-state index contributed by atoms with van der Waals surface area (Å²) in [5.41, 5.74) is 3.58. The van der Waals surface area contributed by atoms with Gasteiger partial charge in [0, 0.05) is 43.4 Å². The molecule has 0 spiro atoms. The van der Waals surface area contributed by atoms with Crippen molar-refractivity contribution in [1.82, 2.24) is 26.1 Å². The summed E-state index contributed by atoms with van der Waals surface area (Å²) in [4.78, 5) is 24.0. The van der Waals surface area contributed by atoms with Crippen molar-refractivity contribution in [2.45, 2.75) is 38.3 Å². The number of H-pyrrole nitrogens is 1. The number of benzene rings is 1. The molecule has 1 saturated carbocycles. The lowest BCUT2D eigenvalue weighted by Crippen LogP contribution is -2.30. The fraction of sp³-hybridized carbons (Fsp3) is 0.450. The molecule has 8 nitrogen and oxygen atoms in total. The van der Waals surface area contributed by atoms with Crippen LogP contribution < -0.4 is 20.7 Å². The molecule has 8 heteroatoms. The van der Waals surface area contributed by atoms with Crippen LogP contribution in [0, 0.1) is 0 Å². The maximum absolute atomic E-state index is 12.4. The molecule has 1 fully saturated rings. The van der Waals surface area contributed by atoms with Gasteiger partial charge in [-0.2, -0.15) is 5.10 Å². The molecule has 0 unspecified atom stereocenters. The summed E-state index contributed by atoms with van der Waals surface area (Å²) in [6, 6.07) is 7.92. The number of aromatic nitrogens is 2. The summed E-state index contributed by atoms with van der Waals surface area (Å²) >= 11 is 0. The lowest BCUT2D eigenvalue weighted by atomic mass is 10.1. The Hall–Kier alpha value is -2.87. The number of carbonyl (C=O) groups excluding carboxylic acids is 2. The average Bonchev–Trinajstić information content (AvgIpc) is 3.42. The molecule has 28 heavy (non-hydrogen) atoms. The lowest BCUT2D eigenvalue weighted by molar-refractivity contribution is -0.123. The van der Waals surface area contributed by atoms with E-state index in [4.69, 9.17) is 4.74 Å². The molecule has 2 heterocycles. The van der Waals surface area contributed by atoms with Crippen LogP contribution >= 0.6 is 0 Å². The van der Waals surface area contributed by atoms with Crippen LogP contribution in [0.25, 0.3) is 0 Å². The lowest BCUT2D eigenvalue weighted by Gasteiger charge is -2.13. The Labute approximate surface area is 163 Å². The molecule has 2 aliphatic rings. The van der Waals surface area contributed by atoms with Gasteiger partial charge in [0.15, 0.2) is 12.3 Å². The summed E-state index contributed by atoms with van der Waals surface area (Å²) in [6.45, 7) is 2.14. The van der Waals surface area contributed by atoms with Gasteiger partial charge in [0.05, 0.1) is 0 Å². The quantitative estimate of drug-likeness (QED) is 0.536. The Morgan fingerprint density at radius 2 is 2.04 bits per heavy atom. The third-order valence-electron chi connectivity index (χ3n) is 4.96. The standard InChI is InChI=1S/C20H25N5O3/c26-18(23-14-3-4-14)12-28-15-5-1-13(2-6-15)7-10-22-20(27)19-16-11-21-9-8-17(16)24-25-19/h1-2,5-6,14,21H,3-4,7-12H2,(H,22,27)(H,23,26)(H,24,25). The van der Waals surface area contributed by atoms with Gasteiger partial charge in [-0.05, 0) is 37.0 Å². The highest BCUT2D eigenvalue weighted by Crippen LogP contribution is 2.18. The molecular weight excluding hydrogens is 358 g/mol. The van der Waals surface area contributed by atoms with Crippen molar-refractivity contribution in [3.63, 3.8) is 0 Å². The molecular formula is C20H25N5O3. The first-order valence-corrected chi connectivity index (χ1v) is 9.75. The predicted molar refractivity (Wildman–Crippen MR) is 103 cm³/mol. The van der Waals surface area contributed by atoms with E-state index in [0.717, 1.165) is 42.6 Å². The van der Waals surface area contributed by atoms with Gasteiger partial charge >= 0.3 is 0 Å². The molecule has 148 valence electrons. The number of fused-ring (bicyclic) bond motifs is 1. The number of carbonyl (C=O) groups is 2. The Morgan fingerprint density at radius 1 is 1.21 bits per heavy atom. The minimum atomic E-state index is -0.150. The van der Waals surface area contributed by atoms with Gasteiger partial charge in [0.1, 0.15) is 5.75 Å². The SMILES string of the molecule is O=C(COc1ccc(CCNC(=O)c2n[nH]c3c2CNCC3)cc1)NC1CC1. The Balaban J connectivity index is 1.21. The molecule has 0 saturated heterocycles. The van der Waals surface area contributed by atoms with Crippen LogP contribution in [0.2, 0.25) is 0 Å². The zero-order chi connectivity index (χ0) is 19.3. The van der Waals surface area contributed by atoms with E-state index in [-0.39, 0.29) is 18.4 Å². The number of hydrogen-bond donors (Lipinski definition) is 4. The molecule has 0 radical (unpaired) electrons. The van der Waals surface area contributed by atoms with Gasteiger partial charge in [0.25, 0.3) is 11.8 Å². The number of amides is 2. The molecule has 4 N–H and O–H groups in total. The highest BCUT2D eigenvalue weighted by Gasteiger charge is 2.23. The molecule has 0 atom stereocenters. The van der Waals surface area contributed by atoms with Crippen molar-refractivity contribution >= 4 is 11.8 Å². The van der Waals surface area contributed by atoms with Crippen LogP contribution in [0.5, 0.6) is 5.75 Å². The largest absolute Gasteiger partial charge is 0.484 e. The maximum Gasteiger partial charge on any atom is 0.272 e. The normalized spacial score (nSPS) is 15.6. The van der Waals surface area contributed by atoms with Crippen LogP contribution in [0.3, 0.4) is 0 Å². The van der Waals surface area contributed by atoms with E-state index in [9.17, 15) is 9.59 Å². The second-order valence-electron chi connectivity index (χ2n) is 7.24. The van der Waals surface area contributed by atoms with Crippen LogP contribution in [0.1, 0.15) is 40.2 Å². The first-order chi connectivity index (χ1) is 13.7. The van der Waals surface area contributed by atoms with Gasteiger partial charge in [-0.25, -0.2) is 0 Å². The van der Waals surface area contributed by atoms with Gasteiger partial charge < -0.3 is 20.7 Å². The van der Waals surface area contributed by atoms with Gasteiger partial charge in [-0.15, -0.1) is 0 Å². The zero-order valence-electron chi connectivity index (χ0n) is 15.7. The van der Waals surface area contributed by atoms with Gasteiger partial charge in [-0.1, -0.05) is 12.1 Å². The third kappa shape index (κ3) is 4.69. The first kappa shape index (κ1) is 18.5. The van der Waals surface area contributed by atoms with E-state index in [1.54, 1.807) is 0 Å². The smallest absolute Gasteiger partial charge is 0.272 e. The first-order valence-electron chi connectivity index (χ1n) is 9.75. The number of nitrogens with one attached hydrogen (secondary N) is 4. The number of ether oxygens (including phenoxy) is 1. The molecule has 4 rings (SSSR count). The summed E-state index contributed by atoms with van der Waals surface area (Å²) in [7, 11) is 0. The van der Waals surface area contributed by atoms with Crippen molar-refractivity contribution < 1.29 is 14.3 Å². The monoisotopic (exact) mass is 383 g/mol. The number of nitrogens with zero attached hydrogens (tertiary/aromatic N) is 1. The zero-order valence-corrected chi connectivity index (χ0v) is 15.7. The Morgan fingerprint density at radius 3 is 2.82 bits per heavy atom. The topological polar surface area (TPSA) is 108 Å². The van der Waals surface area contributed by atoms with E-state index >= 15 is 0 Å². The summed E-state index contributed by atoms with van der Waals surface area (Å²) in [5.74, 6) is 0.433. The number of rotatable bonds is 8. The minimum Gasteiger partial charge on any atom is -0.484 e. The summed E-state index contributed by atoms with van der Waals surface area (Å²) in [5, 5.41) is 16.2. The van der Waals surface area contributed by atoms with Crippen molar-refractivity contribution in [3.05, 3.63) is 46.8 Å². The van der Waals surface area contributed by atoms with E-state index in [1.807, 2.05) is 24.3 Å². The van der Waals surface area contributed by atoms with Crippen LogP contribution in [-0.4, -0.2) is 47.7 Å². The highest BCUT2D eigenvalue weighted by atomic mass is 16.5. The van der Waals surface area contributed by atoms with Crippen molar-refractivity contribution in [2.24, 2.45) is 0 Å². The molecule has 1 aromatic heterocycles. The third-order valence-corrected chi connectivity index (χ3v) is 4.96. The maximum atomic E-state index is 12.4. The van der Waals surface area contributed by atoms with E-state index in [2.05, 4.69) is 26.1 Å².